The average molecular weight is 283 g/mol. The van der Waals surface area contributed by atoms with Crippen LogP contribution in [-0.4, -0.2) is 8.07 Å². The highest BCUT2D eigenvalue weighted by atomic mass is 28.3. The van der Waals surface area contributed by atoms with E-state index in [1.165, 1.54) is 24.0 Å². The summed E-state index contributed by atoms with van der Waals surface area (Å²) in [5.41, 5.74) is 3.05. The van der Waals surface area contributed by atoms with Crippen LogP contribution in [0.25, 0.3) is 5.20 Å². The third kappa shape index (κ3) is 3.04. The van der Waals surface area contributed by atoms with Crippen LogP contribution >= 0.6 is 0 Å². The van der Waals surface area contributed by atoms with E-state index >= 15 is 0 Å². The van der Waals surface area contributed by atoms with Crippen molar-refractivity contribution < 1.29 is 0 Å². The fourth-order valence-corrected chi connectivity index (χ4v) is 5.78. The Kier molecular flexibility index (Phi) is 4.82. The molecule has 20 heavy (non-hydrogen) atoms. The molecular weight excluding hydrogens is 256 g/mol. The van der Waals surface area contributed by atoms with Crippen LogP contribution in [0, 0.1) is 0 Å². The Morgan fingerprint density at radius 1 is 1.15 bits per heavy atom. The van der Waals surface area contributed by atoms with Crippen LogP contribution in [0.15, 0.2) is 55.7 Å². The molecule has 1 unspecified atom stereocenters. The number of allylic oxidation sites excluding steroid dienone is 3. The highest BCUT2D eigenvalue weighted by Gasteiger charge is 2.32. The van der Waals surface area contributed by atoms with Crippen molar-refractivity contribution in [3.8, 4) is 0 Å². The molecule has 0 aromatic heterocycles. The van der Waals surface area contributed by atoms with Crippen molar-refractivity contribution in [1.82, 2.24) is 0 Å². The maximum absolute atomic E-state index is 3.95. The molecule has 1 aromatic rings. The number of benzene rings is 1. The van der Waals surface area contributed by atoms with Crippen molar-refractivity contribution in [3.05, 3.63) is 66.8 Å². The summed E-state index contributed by atoms with van der Waals surface area (Å²) in [7, 11) is -1.39. The van der Waals surface area contributed by atoms with Crippen molar-refractivity contribution in [1.29, 1.82) is 0 Å². The average Bonchev–Trinajstić information content (AvgIpc) is 2.79. The fraction of sp³-hybridized carbons (Fsp3) is 0.368. The van der Waals surface area contributed by atoms with Crippen molar-refractivity contribution in [2.75, 3.05) is 0 Å². The van der Waals surface area contributed by atoms with E-state index in [0.29, 0.717) is 5.92 Å². The quantitative estimate of drug-likeness (QED) is 0.329. The topological polar surface area (TPSA) is 0 Å². The van der Waals surface area contributed by atoms with Gasteiger partial charge in [-0.25, -0.2) is 0 Å². The molecule has 0 aliphatic heterocycles. The maximum Gasteiger partial charge on any atom is 0.0847 e. The van der Waals surface area contributed by atoms with E-state index in [1.54, 1.807) is 5.20 Å². The third-order valence-electron chi connectivity index (χ3n) is 4.33. The maximum atomic E-state index is 3.95. The first-order chi connectivity index (χ1) is 9.60. The Morgan fingerprint density at radius 2 is 1.90 bits per heavy atom. The Hall–Kier alpha value is -1.34. The van der Waals surface area contributed by atoms with Gasteiger partial charge in [-0.15, -0.1) is 13.2 Å². The van der Waals surface area contributed by atoms with Gasteiger partial charge < -0.3 is 0 Å². The molecule has 1 aliphatic carbocycles. The number of hydrogen-bond acceptors (Lipinski definition) is 0. The molecule has 1 atom stereocenters. The van der Waals surface area contributed by atoms with E-state index < -0.39 is 8.07 Å². The summed E-state index contributed by atoms with van der Waals surface area (Å²) in [5, 5.41) is 1.64. The molecule has 2 rings (SSSR count). The number of unbranched alkanes of at least 4 members (excludes halogenated alkanes) is 1. The van der Waals surface area contributed by atoms with Gasteiger partial charge in [0.2, 0.25) is 0 Å². The first kappa shape index (κ1) is 15.1. The van der Waals surface area contributed by atoms with Crippen LogP contribution in [-0.2, 0) is 0 Å². The van der Waals surface area contributed by atoms with Gasteiger partial charge in [-0.1, -0.05) is 60.8 Å². The SMILES string of the molecule is C=CCCCC1C=C([Si](C)(C)CC=C)c2ccccc21. The van der Waals surface area contributed by atoms with Crippen LogP contribution in [0.2, 0.25) is 19.1 Å². The molecule has 0 nitrogen and oxygen atoms in total. The van der Waals surface area contributed by atoms with Crippen LogP contribution in [0.5, 0.6) is 0 Å². The molecule has 1 heteroatoms. The van der Waals surface area contributed by atoms with Crippen LogP contribution in [0.4, 0.5) is 0 Å². The van der Waals surface area contributed by atoms with E-state index in [2.05, 4.69) is 62.7 Å². The van der Waals surface area contributed by atoms with Crippen LogP contribution < -0.4 is 0 Å². The normalized spacial score (nSPS) is 17.5. The lowest BCUT2D eigenvalue weighted by atomic mass is 9.95. The molecular formula is C19H26Si. The largest absolute Gasteiger partial charge is 0.103 e. The van der Waals surface area contributed by atoms with Gasteiger partial charge in [0.1, 0.15) is 0 Å². The molecule has 1 aromatic carbocycles. The number of hydrogen-bond donors (Lipinski definition) is 0. The minimum atomic E-state index is -1.39. The van der Waals surface area contributed by atoms with E-state index in [1.807, 2.05) is 6.08 Å². The Labute approximate surface area is 124 Å². The highest BCUT2D eigenvalue weighted by molar-refractivity contribution is 6.95. The van der Waals surface area contributed by atoms with Gasteiger partial charge in [-0.05, 0) is 36.4 Å². The lowest BCUT2D eigenvalue weighted by molar-refractivity contribution is 0.692. The summed E-state index contributed by atoms with van der Waals surface area (Å²) in [6, 6.07) is 10.1. The van der Waals surface area contributed by atoms with Gasteiger partial charge in [0, 0.05) is 5.92 Å². The first-order valence-electron chi connectivity index (χ1n) is 7.63. The van der Waals surface area contributed by atoms with Gasteiger partial charge in [0.05, 0.1) is 8.07 Å². The number of rotatable bonds is 7. The monoisotopic (exact) mass is 282 g/mol. The minimum Gasteiger partial charge on any atom is -0.103 e. The van der Waals surface area contributed by atoms with Gasteiger partial charge >= 0.3 is 0 Å². The van der Waals surface area contributed by atoms with Crippen molar-refractivity contribution in [2.45, 2.75) is 44.3 Å². The smallest absolute Gasteiger partial charge is 0.0847 e. The van der Waals surface area contributed by atoms with Crippen molar-refractivity contribution in [3.63, 3.8) is 0 Å². The van der Waals surface area contributed by atoms with Crippen molar-refractivity contribution >= 4 is 13.3 Å². The van der Waals surface area contributed by atoms with Crippen LogP contribution in [0.1, 0.15) is 36.3 Å². The lowest BCUT2D eigenvalue weighted by Gasteiger charge is -2.23. The van der Waals surface area contributed by atoms with Gasteiger partial charge in [0.25, 0.3) is 0 Å². The molecule has 0 saturated heterocycles. The van der Waals surface area contributed by atoms with Gasteiger partial charge in [-0.3, -0.25) is 0 Å². The Balaban J connectivity index is 2.30. The molecule has 106 valence electrons. The van der Waals surface area contributed by atoms with Crippen molar-refractivity contribution in [2.24, 2.45) is 0 Å². The summed E-state index contributed by atoms with van der Waals surface area (Å²) in [4.78, 5) is 0. The van der Waals surface area contributed by atoms with Gasteiger partial charge in [-0.2, -0.15) is 0 Å². The minimum absolute atomic E-state index is 0.609. The zero-order valence-corrected chi connectivity index (χ0v) is 13.9. The highest BCUT2D eigenvalue weighted by Crippen LogP contribution is 2.43. The molecule has 0 bridgehead atoms. The molecule has 0 spiro atoms. The van der Waals surface area contributed by atoms with E-state index in [-0.39, 0.29) is 0 Å². The standard InChI is InChI=1S/C19H26Si/c1-5-7-8-11-16-15-19(20(3,4)14-6-2)18-13-10-9-12-17(16)18/h5-6,9-10,12-13,15-16H,1-2,7-8,11,14H2,3-4H3. The summed E-state index contributed by atoms with van der Waals surface area (Å²) in [5.74, 6) is 0.609. The zero-order valence-electron chi connectivity index (χ0n) is 12.9. The summed E-state index contributed by atoms with van der Waals surface area (Å²) in [6.45, 7) is 12.7. The molecule has 0 radical (unpaired) electrons. The molecule has 0 amide bonds. The van der Waals surface area contributed by atoms with E-state index in [4.69, 9.17) is 0 Å². The summed E-state index contributed by atoms with van der Waals surface area (Å²) >= 11 is 0. The third-order valence-corrected chi connectivity index (χ3v) is 7.53. The molecule has 1 aliphatic rings. The predicted molar refractivity (Wildman–Crippen MR) is 93.7 cm³/mol. The fourth-order valence-electron chi connectivity index (χ4n) is 3.23. The molecule has 0 heterocycles. The zero-order chi connectivity index (χ0) is 14.6. The molecule has 0 fully saturated rings. The van der Waals surface area contributed by atoms with E-state index in [9.17, 15) is 0 Å². The summed E-state index contributed by atoms with van der Waals surface area (Å²) < 4.78 is 0. The van der Waals surface area contributed by atoms with E-state index in [0.717, 1.165) is 12.5 Å². The second kappa shape index (κ2) is 6.40. The number of fused-ring (bicyclic) bond motifs is 1. The van der Waals surface area contributed by atoms with Gasteiger partial charge in [0.15, 0.2) is 0 Å². The lowest BCUT2D eigenvalue weighted by Crippen LogP contribution is -2.26. The van der Waals surface area contributed by atoms with Crippen LogP contribution in [0.3, 0.4) is 0 Å². The predicted octanol–water partition coefficient (Wildman–Crippen LogP) is 5.96. The molecule has 0 N–H and O–H groups in total. The second-order valence-electron chi connectivity index (χ2n) is 6.37. The Bertz CT molecular complexity index is 522. The second-order valence-corrected chi connectivity index (χ2v) is 11.1. The molecule has 0 saturated carbocycles. The first-order valence-corrected chi connectivity index (χ1v) is 10.8. The Morgan fingerprint density at radius 3 is 2.60 bits per heavy atom. The summed E-state index contributed by atoms with van der Waals surface area (Å²) in [6.07, 6.45) is 10.3.